The molecule has 4 rings (SSSR count). The number of halogens is 1. The number of aryl methyl sites for hydroxylation is 1. The van der Waals surface area contributed by atoms with E-state index in [4.69, 9.17) is 11.5 Å². The van der Waals surface area contributed by atoms with Crippen molar-refractivity contribution in [3.8, 4) is 0 Å². The fourth-order valence-corrected chi connectivity index (χ4v) is 4.16. The standard InChI is InChI=1S/C21H25BrN6O/c1-12-8-13(4-5-14(12)18(23)29)21(6-7-21)16-10-25-19-15(26-11-20(2,3)24)9-17(22)27-28(16)19/h4-5,8-10,26H,6-7,11,24H2,1-3H3,(H2,23,29). The Morgan fingerprint density at radius 3 is 2.66 bits per heavy atom. The Hall–Kier alpha value is -2.45. The SMILES string of the molecule is Cc1cc(C2(c3cnc4c(NCC(C)(C)N)cc(Br)nn34)CC2)ccc1C(N)=O. The summed E-state index contributed by atoms with van der Waals surface area (Å²) in [6, 6.07) is 7.79. The first-order valence-electron chi connectivity index (χ1n) is 9.59. The molecule has 0 spiro atoms. The molecule has 2 aromatic heterocycles. The minimum absolute atomic E-state index is 0.154. The van der Waals surface area contributed by atoms with Crippen molar-refractivity contribution < 1.29 is 4.79 Å². The Labute approximate surface area is 178 Å². The molecule has 1 aliphatic carbocycles. The van der Waals surface area contributed by atoms with Crippen molar-refractivity contribution in [3.63, 3.8) is 0 Å². The Bertz CT molecular complexity index is 1110. The number of aromatic nitrogens is 3. The molecule has 1 saturated carbocycles. The molecule has 0 radical (unpaired) electrons. The molecule has 0 unspecified atom stereocenters. The van der Waals surface area contributed by atoms with E-state index in [0.29, 0.717) is 12.1 Å². The summed E-state index contributed by atoms with van der Waals surface area (Å²) in [5.74, 6) is -0.405. The van der Waals surface area contributed by atoms with Crippen LogP contribution in [0.25, 0.3) is 5.65 Å². The zero-order valence-corrected chi connectivity index (χ0v) is 18.4. The maximum atomic E-state index is 11.6. The van der Waals surface area contributed by atoms with Crippen molar-refractivity contribution in [1.29, 1.82) is 0 Å². The van der Waals surface area contributed by atoms with Gasteiger partial charge in [0.05, 0.1) is 17.6 Å². The lowest BCUT2D eigenvalue weighted by Gasteiger charge is -2.20. The second-order valence-corrected chi connectivity index (χ2v) is 9.39. The summed E-state index contributed by atoms with van der Waals surface area (Å²) in [4.78, 5) is 16.2. The zero-order valence-electron chi connectivity index (χ0n) is 16.8. The van der Waals surface area contributed by atoms with Gasteiger partial charge in [-0.3, -0.25) is 4.79 Å². The maximum absolute atomic E-state index is 11.6. The molecule has 3 aromatic rings. The van der Waals surface area contributed by atoms with Gasteiger partial charge >= 0.3 is 0 Å². The Kier molecular flexibility index (Phi) is 4.66. The van der Waals surface area contributed by atoms with E-state index in [1.807, 2.05) is 49.7 Å². The summed E-state index contributed by atoms with van der Waals surface area (Å²) in [5.41, 5.74) is 16.4. The number of nitrogens with two attached hydrogens (primary N) is 2. The number of imidazole rings is 1. The number of anilines is 1. The van der Waals surface area contributed by atoms with Crippen LogP contribution in [0.15, 0.2) is 35.1 Å². The molecule has 0 aliphatic heterocycles. The molecule has 29 heavy (non-hydrogen) atoms. The van der Waals surface area contributed by atoms with Crippen LogP contribution in [0.5, 0.6) is 0 Å². The first-order valence-corrected chi connectivity index (χ1v) is 10.4. The molecular weight excluding hydrogens is 432 g/mol. The van der Waals surface area contributed by atoms with E-state index in [0.717, 1.165) is 45.6 Å². The molecular formula is C21H25BrN6O. The van der Waals surface area contributed by atoms with Crippen LogP contribution < -0.4 is 16.8 Å². The van der Waals surface area contributed by atoms with Gasteiger partial charge in [0.1, 0.15) is 4.60 Å². The van der Waals surface area contributed by atoms with Crippen molar-refractivity contribution in [1.82, 2.24) is 14.6 Å². The lowest BCUT2D eigenvalue weighted by Crippen LogP contribution is -2.39. The smallest absolute Gasteiger partial charge is 0.248 e. The molecule has 5 N–H and O–H groups in total. The van der Waals surface area contributed by atoms with Gasteiger partial charge in [-0.2, -0.15) is 5.10 Å². The molecule has 1 aromatic carbocycles. The van der Waals surface area contributed by atoms with Crippen molar-refractivity contribution in [2.45, 2.75) is 44.6 Å². The predicted octanol–water partition coefficient (Wildman–Crippen LogP) is 3.13. The van der Waals surface area contributed by atoms with E-state index in [1.54, 1.807) is 0 Å². The van der Waals surface area contributed by atoms with Crippen molar-refractivity contribution in [3.05, 3.63) is 57.4 Å². The van der Waals surface area contributed by atoms with E-state index in [2.05, 4.69) is 37.4 Å². The van der Waals surface area contributed by atoms with Crippen LogP contribution in [0.3, 0.4) is 0 Å². The normalized spacial score (nSPS) is 15.5. The molecule has 1 aliphatic rings. The number of carbonyl (C=O) groups excluding carboxylic acids is 1. The lowest BCUT2D eigenvalue weighted by atomic mass is 9.90. The van der Waals surface area contributed by atoms with Crippen LogP contribution in [-0.2, 0) is 5.41 Å². The quantitative estimate of drug-likeness (QED) is 0.527. The number of amides is 1. The Balaban J connectivity index is 1.78. The van der Waals surface area contributed by atoms with Gasteiger partial charge in [0.15, 0.2) is 5.65 Å². The van der Waals surface area contributed by atoms with E-state index < -0.39 is 5.91 Å². The molecule has 0 saturated heterocycles. The lowest BCUT2D eigenvalue weighted by molar-refractivity contribution is 0.0999. The number of benzene rings is 1. The van der Waals surface area contributed by atoms with Crippen LogP contribution in [0.2, 0.25) is 0 Å². The summed E-state index contributed by atoms with van der Waals surface area (Å²) in [6.45, 7) is 6.48. The number of fused-ring (bicyclic) bond motifs is 1. The van der Waals surface area contributed by atoms with Crippen molar-refractivity contribution in [2.24, 2.45) is 11.5 Å². The maximum Gasteiger partial charge on any atom is 0.248 e. The number of rotatable bonds is 6. The molecule has 0 bridgehead atoms. The highest BCUT2D eigenvalue weighted by Crippen LogP contribution is 2.53. The molecule has 152 valence electrons. The molecule has 7 nitrogen and oxygen atoms in total. The van der Waals surface area contributed by atoms with Crippen LogP contribution in [0.4, 0.5) is 5.69 Å². The number of primary amides is 1. The van der Waals surface area contributed by atoms with E-state index >= 15 is 0 Å². The van der Waals surface area contributed by atoms with Gasteiger partial charge in [0.25, 0.3) is 0 Å². The largest absolute Gasteiger partial charge is 0.380 e. The van der Waals surface area contributed by atoms with Crippen LogP contribution in [0.1, 0.15) is 53.9 Å². The molecule has 1 amide bonds. The van der Waals surface area contributed by atoms with Crippen LogP contribution in [0, 0.1) is 6.92 Å². The van der Waals surface area contributed by atoms with Crippen LogP contribution >= 0.6 is 15.9 Å². The van der Waals surface area contributed by atoms with Gasteiger partial charge in [-0.05, 0) is 72.8 Å². The zero-order chi connectivity index (χ0) is 21.0. The van der Waals surface area contributed by atoms with Gasteiger partial charge in [-0.1, -0.05) is 12.1 Å². The van der Waals surface area contributed by atoms with E-state index in [-0.39, 0.29) is 11.0 Å². The minimum Gasteiger partial charge on any atom is -0.380 e. The third kappa shape index (κ3) is 3.62. The minimum atomic E-state index is -0.405. The first kappa shape index (κ1) is 19.8. The van der Waals surface area contributed by atoms with Gasteiger partial charge < -0.3 is 16.8 Å². The fraction of sp³-hybridized carbons (Fsp3) is 0.381. The molecule has 8 heteroatoms. The fourth-order valence-electron chi connectivity index (χ4n) is 3.77. The molecule has 0 atom stereocenters. The Morgan fingerprint density at radius 1 is 1.34 bits per heavy atom. The van der Waals surface area contributed by atoms with Gasteiger partial charge in [-0.25, -0.2) is 9.50 Å². The number of hydrogen-bond acceptors (Lipinski definition) is 5. The highest BCUT2D eigenvalue weighted by atomic mass is 79.9. The second kappa shape index (κ2) is 6.81. The molecule has 1 fully saturated rings. The summed E-state index contributed by atoms with van der Waals surface area (Å²) in [7, 11) is 0. The number of nitrogens with zero attached hydrogens (tertiary/aromatic N) is 3. The monoisotopic (exact) mass is 456 g/mol. The van der Waals surface area contributed by atoms with E-state index in [9.17, 15) is 4.79 Å². The predicted molar refractivity (Wildman–Crippen MR) is 117 cm³/mol. The summed E-state index contributed by atoms with van der Waals surface area (Å²) >= 11 is 3.52. The number of nitrogens with one attached hydrogen (secondary N) is 1. The molecule has 2 heterocycles. The van der Waals surface area contributed by atoms with Gasteiger partial charge in [0.2, 0.25) is 5.91 Å². The second-order valence-electron chi connectivity index (χ2n) is 8.58. The highest BCUT2D eigenvalue weighted by molar-refractivity contribution is 9.10. The Morgan fingerprint density at radius 2 is 2.07 bits per heavy atom. The summed E-state index contributed by atoms with van der Waals surface area (Å²) in [5, 5.41) is 8.06. The first-order chi connectivity index (χ1) is 13.6. The highest BCUT2D eigenvalue weighted by Gasteiger charge is 2.48. The van der Waals surface area contributed by atoms with Crippen molar-refractivity contribution >= 4 is 33.2 Å². The summed E-state index contributed by atoms with van der Waals surface area (Å²) in [6.07, 6.45) is 3.91. The van der Waals surface area contributed by atoms with Gasteiger partial charge in [0, 0.05) is 23.1 Å². The average molecular weight is 457 g/mol. The third-order valence-electron chi connectivity index (χ3n) is 5.46. The topological polar surface area (TPSA) is 111 Å². The number of carbonyl (C=O) groups is 1. The van der Waals surface area contributed by atoms with Crippen LogP contribution in [-0.4, -0.2) is 32.6 Å². The average Bonchev–Trinajstić information content (AvgIpc) is 3.32. The van der Waals surface area contributed by atoms with E-state index in [1.165, 1.54) is 0 Å². The number of hydrogen-bond donors (Lipinski definition) is 3. The van der Waals surface area contributed by atoms with Gasteiger partial charge in [-0.15, -0.1) is 0 Å². The van der Waals surface area contributed by atoms with Crippen molar-refractivity contribution in [2.75, 3.05) is 11.9 Å². The third-order valence-corrected chi connectivity index (χ3v) is 5.84. The summed E-state index contributed by atoms with van der Waals surface area (Å²) < 4.78 is 2.62.